The Morgan fingerprint density at radius 3 is 2.82 bits per heavy atom. The maximum absolute atomic E-state index is 14.3. The molecule has 0 aliphatic heterocycles. The van der Waals surface area contributed by atoms with Crippen molar-refractivity contribution in [1.29, 1.82) is 0 Å². The molecule has 0 bridgehead atoms. The predicted molar refractivity (Wildman–Crippen MR) is 109 cm³/mol. The van der Waals surface area contributed by atoms with Gasteiger partial charge in [0.1, 0.15) is 23.5 Å². The lowest BCUT2D eigenvalue weighted by Gasteiger charge is -2.16. The van der Waals surface area contributed by atoms with Gasteiger partial charge in [-0.3, -0.25) is 14.0 Å². The molecular formula is C18H19BrClFN4O3. The summed E-state index contributed by atoms with van der Waals surface area (Å²) in [6, 6.07) is 6.24. The summed E-state index contributed by atoms with van der Waals surface area (Å²) in [4.78, 5) is 21.1. The molecule has 0 spiro atoms. The van der Waals surface area contributed by atoms with Gasteiger partial charge >= 0.3 is 0 Å². The molecule has 0 fully saturated rings. The van der Waals surface area contributed by atoms with Crippen LogP contribution in [0.3, 0.4) is 0 Å². The smallest absolute Gasteiger partial charge is 0.278 e. The van der Waals surface area contributed by atoms with E-state index >= 15 is 0 Å². The fourth-order valence-corrected chi connectivity index (χ4v) is 3.01. The Kier molecular flexibility index (Phi) is 8.18. The topological polar surface area (TPSA) is 87.9 Å². The molecule has 2 aromatic heterocycles. The molecule has 0 aliphatic carbocycles. The van der Waals surface area contributed by atoms with Gasteiger partial charge in [-0.1, -0.05) is 41.4 Å². The number of aliphatic hydroxyl groups is 1. The van der Waals surface area contributed by atoms with Gasteiger partial charge in [-0.25, -0.2) is 14.9 Å². The summed E-state index contributed by atoms with van der Waals surface area (Å²) in [5.74, 6) is -1.06. The molecule has 0 saturated carbocycles. The van der Waals surface area contributed by atoms with Crippen molar-refractivity contribution in [3.8, 4) is 0 Å². The van der Waals surface area contributed by atoms with Crippen LogP contribution in [0.4, 0.5) is 15.9 Å². The molecule has 28 heavy (non-hydrogen) atoms. The van der Waals surface area contributed by atoms with E-state index in [2.05, 4.69) is 31.7 Å². The van der Waals surface area contributed by atoms with E-state index in [0.717, 1.165) is 10.5 Å². The highest BCUT2D eigenvalue weighted by atomic mass is 79.9. The van der Waals surface area contributed by atoms with Crippen LogP contribution in [0.2, 0.25) is 5.02 Å². The Labute approximate surface area is 174 Å². The van der Waals surface area contributed by atoms with E-state index in [-0.39, 0.29) is 30.1 Å². The third-order valence-electron chi connectivity index (χ3n) is 3.44. The van der Waals surface area contributed by atoms with Crippen molar-refractivity contribution < 1.29 is 19.1 Å². The number of rotatable bonds is 6. The van der Waals surface area contributed by atoms with Crippen LogP contribution in [0.15, 0.2) is 41.3 Å². The van der Waals surface area contributed by atoms with Crippen LogP contribution < -0.4 is 10.8 Å². The molecule has 3 aromatic rings. The van der Waals surface area contributed by atoms with Crippen molar-refractivity contribution in [2.45, 2.75) is 13.8 Å². The molecule has 0 atom stereocenters. The normalized spacial score (nSPS) is 10.4. The Morgan fingerprint density at radius 1 is 1.39 bits per heavy atom. The Balaban J connectivity index is 0.00000136. The first-order valence-corrected chi connectivity index (χ1v) is 9.58. The highest BCUT2D eigenvalue weighted by Gasteiger charge is 2.19. The molecule has 1 aromatic carbocycles. The van der Waals surface area contributed by atoms with Gasteiger partial charge in [-0.05, 0) is 24.3 Å². The lowest BCUT2D eigenvalue weighted by molar-refractivity contribution is 0.0168. The number of fused-ring (bicyclic) bond motifs is 1. The SMILES string of the molecule is CC.O=C(NOCCO)c1cc(F)c2cncn2c1Nc1ccc(Br)cc1Cl. The molecule has 10 heteroatoms. The first kappa shape index (κ1) is 22.1. The maximum atomic E-state index is 14.3. The molecule has 1 amide bonds. The monoisotopic (exact) mass is 472 g/mol. The fraction of sp³-hybridized carbons (Fsp3) is 0.222. The van der Waals surface area contributed by atoms with E-state index in [9.17, 15) is 9.18 Å². The molecule has 0 radical (unpaired) electrons. The average Bonchev–Trinajstić information content (AvgIpc) is 3.18. The van der Waals surface area contributed by atoms with E-state index in [1.54, 1.807) is 18.2 Å². The second-order valence-corrected chi connectivity index (χ2v) is 6.48. The zero-order chi connectivity index (χ0) is 20.7. The van der Waals surface area contributed by atoms with Gasteiger partial charge in [0.2, 0.25) is 0 Å². The summed E-state index contributed by atoms with van der Waals surface area (Å²) in [7, 11) is 0. The minimum Gasteiger partial charge on any atom is -0.394 e. The summed E-state index contributed by atoms with van der Waals surface area (Å²) in [5.41, 5.74) is 2.83. The van der Waals surface area contributed by atoms with E-state index in [0.29, 0.717) is 10.7 Å². The van der Waals surface area contributed by atoms with Crippen LogP contribution in [-0.2, 0) is 4.84 Å². The van der Waals surface area contributed by atoms with E-state index < -0.39 is 11.7 Å². The standard InChI is InChI=1S/C16H13BrClFN4O3.C2H6/c17-9-1-2-13(11(18)5-9)21-15-10(16(25)22-26-4-3-24)6-12(19)14-7-20-8-23(14)15;1-2/h1-2,5-8,21,24H,3-4H2,(H,22,25);1-2H3. The predicted octanol–water partition coefficient (Wildman–Crippen LogP) is 4.31. The molecule has 0 aliphatic rings. The lowest BCUT2D eigenvalue weighted by atomic mass is 10.2. The quantitative estimate of drug-likeness (QED) is 0.367. The number of carbonyl (C=O) groups excluding carboxylic acids is 1. The van der Waals surface area contributed by atoms with Gasteiger partial charge < -0.3 is 10.4 Å². The van der Waals surface area contributed by atoms with Gasteiger partial charge in [-0.2, -0.15) is 0 Å². The van der Waals surface area contributed by atoms with Crippen LogP contribution in [0.1, 0.15) is 24.2 Å². The minimum atomic E-state index is -0.691. The zero-order valence-corrected chi connectivity index (χ0v) is 17.5. The molecule has 3 rings (SSSR count). The first-order chi connectivity index (χ1) is 13.5. The van der Waals surface area contributed by atoms with Gasteiger partial charge in [0.05, 0.1) is 35.7 Å². The highest BCUT2D eigenvalue weighted by molar-refractivity contribution is 9.10. The molecule has 0 unspecified atom stereocenters. The number of benzene rings is 1. The van der Waals surface area contributed by atoms with Crippen molar-refractivity contribution in [2.24, 2.45) is 0 Å². The third-order valence-corrected chi connectivity index (χ3v) is 4.24. The molecule has 7 nitrogen and oxygen atoms in total. The number of aliphatic hydroxyl groups excluding tert-OH is 1. The summed E-state index contributed by atoms with van der Waals surface area (Å²) < 4.78 is 16.5. The summed E-state index contributed by atoms with van der Waals surface area (Å²) in [5, 5.41) is 12.2. The summed E-state index contributed by atoms with van der Waals surface area (Å²) >= 11 is 9.55. The van der Waals surface area contributed by atoms with E-state index in [1.807, 2.05) is 13.8 Å². The van der Waals surface area contributed by atoms with Gasteiger partial charge in [0.25, 0.3) is 5.91 Å². The number of hydrogen-bond acceptors (Lipinski definition) is 5. The second-order valence-electron chi connectivity index (χ2n) is 5.16. The number of carbonyl (C=O) groups is 1. The maximum Gasteiger partial charge on any atom is 0.278 e. The number of nitrogens with zero attached hydrogens (tertiary/aromatic N) is 2. The second kappa shape index (κ2) is 10.4. The highest BCUT2D eigenvalue weighted by Crippen LogP contribution is 2.31. The molecule has 3 N–H and O–H groups in total. The number of hydrogen-bond donors (Lipinski definition) is 3. The van der Waals surface area contributed by atoms with Crippen molar-refractivity contribution in [3.63, 3.8) is 0 Å². The van der Waals surface area contributed by atoms with Crippen LogP contribution in [-0.4, -0.2) is 33.6 Å². The lowest BCUT2D eigenvalue weighted by Crippen LogP contribution is -2.26. The molecular weight excluding hydrogens is 455 g/mol. The number of anilines is 2. The number of amides is 1. The van der Waals surface area contributed by atoms with Crippen LogP contribution in [0, 0.1) is 5.82 Å². The largest absolute Gasteiger partial charge is 0.394 e. The van der Waals surface area contributed by atoms with E-state index in [4.69, 9.17) is 21.5 Å². The number of halogens is 3. The van der Waals surface area contributed by atoms with Gasteiger partial charge in [0, 0.05) is 4.47 Å². The fourth-order valence-electron chi connectivity index (χ4n) is 2.28. The van der Waals surface area contributed by atoms with Gasteiger partial charge in [-0.15, -0.1) is 0 Å². The zero-order valence-electron chi connectivity index (χ0n) is 15.2. The van der Waals surface area contributed by atoms with E-state index in [1.165, 1.54) is 16.9 Å². The van der Waals surface area contributed by atoms with Crippen LogP contribution in [0.25, 0.3) is 5.52 Å². The molecule has 2 heterocycles. The van der Waals surface area contributed by atoms with Crippen molar-refractivity contribution >= 4 is 50.5 Å². The number of hydroxylamine groups is 1. The van der Waals surface area contributed by atoms with Crippen LogP contribution in [0.5, 0.6) is 0 Å². The molecule has 0 saturated heterocycles. The number of imidazole rings is 1. The average molecular weight is 474 g/mol. The minimum absolute atomic E-state index is 0.0232. The number of pyridine rings is 1. The van der Waals surface area contributed by atoms with Crippen molar-refractivity contribution in [2.75, 3.05) is 18.5 Å². The number of aromatic nitrogens is 2. The first-order valence-electron chi connectivity index (χ1n) is 8.41. The number of nitrogens with one attached hydrogen (secondary N) is 2. The Morgan fingerprint density at radius 2 is 2.14 bits per heavy atom. The summed E-state index contributed by atoms with van der Waals surface area (Å²) in [6.07, 6.45) is 2.71. The van der Waals surface area contributed by atoms with Crippen molar-refractivity contribution in [3.05, 3.63) is 57.7 Å². The van der Waals surface area contributed by atoms with Crippen LogP contribution >= 0.6 is 27.5 Å². The third kappa shape index (κ3) is 4.99. The Hall–Kier alpha value is -2.20. The van der Waals surface area contributed by atoms with Crippen molar-refractivity contribution in [1.82, 2.24) is 14.9 Å². The summed E-state index contributed by atoms with van der Waals surface area (Å²) in [6.45, 7) is 3.64. The van der Waals surface area contributed by atoms with Gasteiger partial charge in [0.15, 0.2) is 0 Å². The Bertz CT molecular complexity index is 967. The molecule has 150 valence electrons.